The number of fused-ring (bicyclic) bond motifs is 1. The molecule has 0 bridgehead atoms. The summed E-state index contributed by atoms with van der Waals surface area (Å²) in [4.78, 5) is 12.9. The van der Waals surface area contributed by atoms with E-state index < -0.39 is 10.1 Å². The predicted octanol–water partition coefficient (Wildman–Crippen LogP) is -0.0542. The molecular formula is C8H13NO5S. The second-order valence-electron chi connectivity index (χ2n) is 3.86. The summed E-state index contributed by atoms with van der Waals surface area (Å²) in [6.45, 7) is 0.443. The van der Waals surface area contributed by atoms with Gasteiger partial charge in [-0.15, -0.1) is 0 Å². The van der Waals surface area contributed by atoms with Crippen LogP contribution in [0.5, 0.6) is 0 Å². The predicted molar refractivity (Wildman–Crippen MR) is 50.8 cm³/mol. The Labute approximate surface area is 88.3 Å². The van der Waals surface area contributed by atoms with Crippen molar-refractivity contribution in [2.75, 3.05) is 19.5 Å². The van der Waals surface area contributed by atoms with Gasteiger partial charge in [-0.25, -0.2) is 4.79 Å². The lowest BCUT2D eigenvalue weighted by molar-refractivity contribution is 0.137. The van der Waals surface area contributed by atoms with Gasteiger partial charge < -0.3 is 4.74 Å². The van der Waals surface area contributed by atoms with Gasteiger partial charge in [-0.3, -0.25) is 9.08 Å². The molecule has 15 heavy (non-hydrogen) atoms. The van der Waals surface area contributed by atoms with Crippen molar-refractivity contribution in [2.45, 2.75) is 24.9 Å². The highest BCUT2D eigenvalue weighted by molar-refractivity contribution is 7.85. The lowest BCUT2D eigenvalue weighted by Gasteiger charge is -2.20. The number of ether oxygens (including phenoxy) is 1. The fourth-order valence-corrected chi connectivity index (χ4v) is 2.43. The molecule has 0 saturated carbocycles. The summed E-state index contributed by atoms with van der Waals surface area (Å²) in [7, 11) is -3.44. The molecule has 1 amide bonds. The Kier molecular flexibility index (Phi) is 2.59. The first-order valence-electron chi connectivity index (χ1n) is 4.77. The molecule has 2 aliphatic heterocycles. The van der Waals surface area contributed by atoms with E-state index >= 15 is 0 Å². The average molecular weight is 235 g/mol. The number of hydrogen-bond donors (Lipinski definition) is 0. The lowest BCUT2D eigenvalue weighted by Crippen LogP contribution is -2.38. The van der Waals surface area contributed by atoms with Gasteiger partial charge in [0.25, 0.3) is 10.1 Å². The Bertz CT molecular complexity index is 365. The van der Waals surface area contributed by atoms with Gasteiger partial charge in [0.05, 0.1) is 24.9 Å². The molecule has 2 aliphatic rings. The fraction of sp³-hybridized carbons (Fsp3) is 0.875. The minimum atomic E-state index is -3.44. The summed E-state index contributed by atoms with van der Waals surface area (Å²) in [6.07, 6.45) is 2.26. The maximum Gasteiger partial charge on any atom is 0.410 e. The maximum atomic E-state index is 11.3. The first-order valence-corrected chi connectivity index (χ1v) is 6.58. The maximum absolute atomic E-state index is 11.3. The van der Waals surface area contributed by atoms with Gasteiger partial charge in [-0.1, -0.05) is 0 Å². The number of cyclic esters (lactones) is 1. The third kappa shape index (κ3) is 2.23. The van der Waals surface area contributed by atoms with E-state index in [0.29, 0.717) is 6.61 Å². The molecule has 2 rings (SSSR count). The van der Waals surface area contributed by atoms with Crippen LogP contribution < -0.4 is 0 Å². The Morgan fingerprint density at radius 1 is 1.53 bits per heavy atom. The molecule has 0 spiro atoms. The second-order valence-corrected chi connectivity index (χ2v) is 5.50. The van der Waals surface area contributed by atoms with E-state index in [2.05, 4.69) is 0 Å². The number of nitrogens with zero attached hydrogens (tertiary/aromatic N) is 1. The lowest BCUT2D eigenvalue weighted by atomic mass is 10.2. The molecule has 0 aromatic heterocycles. The monoisotopic (exact) mass is 235 g/mol. The van der Waals surface area contributed by atoms with Crippen LogP contribution in [0.1, 0.15) is 12.8 Å². The summed E-state index contributed by atoms with van der Waals surface area (Å²) >= 11 is 0. The third-order valence-corrected chi connectivity index (χ3v) is 3.27. The van der Waals surface area contributed by atoms with Gasteiger partial charge in [0, 0.05) is 0 Å². The Balaban J connectivity index is 1.96. The molecule has 2 atom stereocenters. The highest BCUT2D eigenvalue weighted by Gasteiger charge is 2.43. The van der Waals surface area contributed by atoms with E-state index in [4.69, 9.17) is 8.92 Å². The topological polar surface area (TPSA) is 72.9 Å². The van der Waals surface area contributed by atoms with Crippen molar-refractivity contribution in [3.8, 4) is 0 Å². The molecule has 0 aromatic rings. The minimum Gasteiger partial charge on any atom is -0.447 e. The molecule has 0 radical (unpaired) electrons. The first kappa shape index (κ1) is 10.7. The summed E-state index contributed by atoms with van der Waals surface area (Å²) in [5.74, 6) is 0. The van der Waals surface area contributed by atoms with Gasteiger partial charge in [0.2, 0.25) is 0 Å². The average Bonchev–Trinajstić information content (AvgIpc) is 2.65. The Morgan fingerprint density at radius 2 is 2.27 bits per heavy atom. The van der Waals surface area contributed by atoms with Crippen molar-refractivity contribution < 1.29 is 22.1 Å². The first-order chi connectivity index (χ1) is 6.97. The normalized spacial score (nSPS) is 30.5. The van der Waals surface area contributed by atoms with Crippen molar-refractivity contribution in [2.24, 2.45) is 0 Å². The molecule has 2 fully saturated rings. The number of rotatable bonds is 3. The van der Waals surface area contributed by atoms with E-state index in [1.807, 2.05) is 0 Å². The van der Waals surface area contributed by atoms with Crippen molar-refractivity contribution in [3.05, 3.63) is 0 Å². The van der Waals surface area contributed by atoms with Crippen molar-refractivity contribution in [1.82, 2.24) is 4.90 Å². The van der Waals surface area contributed by atoms with E-state index in [9.17, 15) is 13.2 Å². The summed E-state index contributed by atoms with van der Waals surface area (Å²) in [5, 5.41) is 0. The molecule has 2 heterocycles. The van der Waals surface area contributed by atoms with Crippen LogP contribution in [0, 0.1) is 0 Å². The molecule has 86 valence electrons. The Morgan fingerprint density at radius 3 is 2.93 bits per heavy atom. The second kappa shape index (κ2) is 3.64. The van der Waals surface area contributed by atoms with Crippen LogP contribution in [0.4, 0.5) is 4.79 Å². The summed E-state index contributed by atoms with van der Waals surface area (Å²) < 4.78 is 31.2. The molecule has 0 aromatic carbocycles. The molecule has 7 heteroatoms. The van der Waals surface area contributed by atoms with Crippen LogP contribution in [0.3, 0.4) is 0 Å². The number of hydrogen-bond acceptors (Lipinski definition) is 5. The highest BCUT2D eigenvalue weighted by atomic mass is 32.2. The molecule has 0 unspecified atom stereocenters. The minimum absolute atomic E-state index is 0.0322. The largest absolute Gasteiger partial charge is 0.447 e. The van der Waals surface area contributed by atoms with E-state index in [-0.39, 0.29) is 24.8 Å². The van der Waals surface area contributed by atoms with Crippen molar-refractivity contribution >= 4 is 16.2 Å². The number of amides is 1. The summed E-state index contributed by atoms with van der Waals surface area (Å²) in [5.41, 5.74) is 0. The quantitative estimate of drug-likeness (QED) is 0.641. The van der Waals surface area contributed by atoms with Gasteiger partial charge in [-0.2, -0.15) is 8.42 Å². The SMILES string of the molecule is CS(=O)(=O)OC[C@H]1CC[C@H]2COC(=O)N12. The van der Waals surface area contributed by atoms with Crippen LogP contribution >= 0.6 is 0 Å². The van der Waals surface area contributed by atoms with Crippen LogP contribution in [0.25, 0.3) is 0 Å². The van der Waals surface area contributed by atoms with Crippen molar-refractivity contribution in [1.29, 1.82) is 0 Å². The van der Waals surface area contributed by atoms with Crippen LogP contribution in [0.2, 0.25) is 0 Å². The van der Waals surface area contributed by atoms with Gasteiger partial charge in [-0.05, 0) is 12.8 Å². The highest BCUT2D eigenvalue weighted by Crippen LogP contribution is 2.29. The third-order valence-electron chi connectivity index (χ3n) is 2.70. The number of carbonyl (C=O) groups excluding carboxylic acids is 1. The zero-order chi connectivity index (χ0) is 11.1. The zero-order valence-corrected chi connectivity index (χ0v) is 9.20. The van der Waals surface area contributed by atoms with Crippen molar-refractivity contribution in [3.63, 3.8) is 0 Å². The van der Waals surface area contributed by atoms with E-state index in [1.165, 1.54) is 0 Å². The molecular weight excluding hydrogens is 222 g/mol. The molecule has 6 nitrogen and oxygen atoms in total. The molecule has 0 aliphatic carbocycles. The summed E-state index contributed by atoms with van der Waals surface area (Å²) in [6, 6.07) is -0.0645. The van der Waals surface area contributed by atoms with Crippen LogP contribution in [-0.2, 0) is 19.0 Å². The zero-order valence-electron chi connectivity index (χ0n) is 8.38. The molecule has 2 saturated heterocycles. The standard InChI is InChI=1S/C8H13NO5S/c1-15(11,12)14-5-7-3-2-6-4-13-8(10)9(6)7/h6-7H,2-5H2,1H3/t6-,7+/m0/s1. The van der Waals surface area contributed by atoms with E-state index in [0.717, 1.165) is 19.1 Å². The fourth-order valence-electron chi connectivity index (χ4n) is 2.03. The van der Waals surface area contributed by atoms with Crippen LogP contribution in [0.15, 0.2) is 0 Å². The smallest absolute Gasteiger partial charge is 0.410 e. The Hall–Kier alpha value is -0.820. The van der Waals surface area contributed by atoms with Gasteiger partial charge in [0.15, 0.2) is 0 Å². The number of carbonyl (C=O) groups is 1. The van der Waals surface area contributed by atoms with E-state index in [1.54, 1.807) is 4.90 Å². The van der Waals surface area contributed by atoms with Gasteiger partial charge >= 0.3 is 6.09 Å². The van der Waals surface area contributed by atoms with Crippen LogP contribution in [-0.4, -0.2) is 51.0 Å². The van der Waals surface area contributed by atoms with Gasteiger partial charge in [0.1, 0.15) is 6.61 Å². The molecule has 0 N–H and O–H groups in total.